The fourth-order valence-corrected chi connectivity index (χ4v) is 2.25. The zero-order chi connectivity index (χ0) is 12.3. The van der Waals surface area contributed by atoms with Crippen molar-refractivity contribution in [3.05, 3.63) is 30.6 Å². The molecule has 0 saturated carbocycles. The number of nitrogens with zero attached hydrogens (tertiary/aromatic N) is 2. The van der Waals surface area contributed by atoms with Gasteiger partial charge in [0.2, 0.25) is 6.33 Å². The van der Waals surface area contributed by atoms with E-state index >= 15 is 0 Å². The van der Waals surface area contributed by atoms with Crippen molar-refractivity contribution >= 4 is 11.0 Å². The number of aliphatic hydroxyl groups is 1. The molecule has 92 valence electrons. The first kappa shape index (κ1) is 12.1. The second kappa shape index (κ2) is 5.32. The molecule has 0 radical (unpaired) electrons. The summed E-state index contributed by atoms with van der Waals surface area (Å²) in [7, 11) is 2.01. The molecule has 2 rings (SSSR count). The number of aromatic nitrogens is 2. The fraction of sp³-hybridized carbons (Fsp3) is 0.500. The molecule has 0 aliphatic rings. The highest BCUT2D eigenvalue weighted by Crippen LogP contribution is 2.18. The Hall–Kier alpha value is -1.35. The van der Waals surface area contributed by atoms with E-state index < -0.39 is 6.23 Å². The van der Waals surface area contributed by atoms with Gasteiger partial charge in [0.05, 0.1) is 7.05 Å². The van der Waals surface area contributed by atoms with Crippen LogP contribution >= 0.6 is 0 Å². The van der Waals surface area contributed by atoms with Crippen molar-refractivity contribution in [2.75, 3.05) is 0 Å². The van der Waals surface area contributed by atoms with E-state index in [2.05, 4.69) is 23.6 Å². The van der Waals surface area contributed by atoms with Gasteiger partial charge in [0.15, 0.2) is 17.3 Å². The fourth-order valence-electron chi connectivity index (χ4n) is 2.25. The Morgan fingerprint density at radius 2 is 2.06 bits per heavy atom. The molecule has 0 aliphatic heterocycles. The van der Waals surface area contributed by atoms with Crippen LogP contribution in [0.1, 0.15) is 38.8 Å². The first-order valence-electron chi connectivity index (χ1n) is 6.37. The lowest BCUT2D eigenvalue weighted by Gasteiger charge is -2.06. The molecule has 1 aromatic heterocycles. The molecular formula is C14H21N2O+. The van der Waals surface area contributed by atoms with E-state index in [1.807, 2.05) is 30.1 Å². The smallest absolute Gasteiger partial charge is 0.246 e. The lowest BCUT2D eigenvalue weighted by Crippen LogP contribution is -2.25. The predicted octanol–water partition coefficient (Wildman–Crippen LogP) is 2.54. The lowest BCUT2D eigenvalue weighted by atomic mass is 10.2. The third kappa shape index (κ3) is 2.50. The minimum Gasteiger partial charge on any atom is -0.355 e. The number of aryl methyl sites for hydroxylation is 1. The van der Waals surface area contributed by atoms with Crippen LogP contribution in [0.4, 0.5) is 0 Å². The molecule has 1 unspecified atom stereocenters. The van der Waals surface area contributed by atoms with E-state index in [4.69, 9.17) is 0 Å². The Kier molecular flexibility index (Phi) is 3.79. The van der Waals surface area contributed by atoms with Crippen molar-refractivity contribution in [3.8, 4) is 0 Å². The van der Waals surface area contributed by atoms with Crippen LogP contribution < -0.4 is 4.57 Å². The van der Waals surface area contributed by atoms with Gasteiger partial charge in [-0.3, -0.25) is 0 Å². The average molecular weight is 233 g/mol. The van der Waals surface area contributed by atoms with Gasteiger partial charge in [0.25, 0.3) is 0 Å². The topological polar surface area (TPSA) is 29.0 Å². The highest BCUT2D eigenvalue weighted by Gasteiger charge is 2.18. The summed E-state index contributed by atoms with van der Waals surface area (Å²) < 4.78 is 4.02. The van der Waals surface area contributed by atoms with Gasteiger partial charge < -0.3 is 5.11 Å². The number of unbranched alkanes of at least 4 members (excludes halogenated alkanes) is 2. The molecule has 0 fully saturated rings. The van der Waals surface area contributed by atoms with Crippen LogP contribution in [-0.4, -0.2) is 9.67 Å². The third-order valence-corrected chi connectivity index (χ3v) is 3.22. The molecule has 0 saturated heterocycles. The van der Waals surface area contributed by atoms with Crippen molar-refractivity contribution in [3.63, 3.8) is 0 Å². The van der Waals surface area contributed by atoms with Crippen LogP contribution in [-0.2, 0) is 7.05 Å². The summed E-state index contributed by atoms with van der Waals surface area (Å²) in [6.45, 7) is 2.18. The van der Waals surface area contributed by atoms with Gasteiger partial charge >= 0.3 is 0 Å². The molecule has 1 heterocycles. The zero-order valence-electron chi connectivity index (χ0n) is 10.6. The number of benzene rings is 1. The van der Waals surface area contributed by atoms with Crippen LogP contribution in [0.5, 0.6) is 0 Å². The van der Waals surface area contributed by atoms with E-state index in [9.17, 15) is 5.11 Å². The van der Waals surface area contributed by atoms with Crippen LogP contribution in [0.15, 0.2) is 30.6 Å². The molecule has 2 aromatic rings. The number of aliphatic hydroxyl groups excluding tert-OH is 1. The van der Waals surface area contributed by atoms with Crippen molar-refractivity contribution in [1.82, 2.24) is 4.57 Å². The molecule has 3 nitrogen and oxygen atoms in total. The molecule has 0 amide bonds. The number of fused-ring (bicyclic) bond motifs is 1. The lowest BCUT2D eigenvalue weighted by molar-refractivity contribution is -0.646. The molecule has 17 heavy (non-hydrogen) atoms. The maximum atomic E-state index is 10.2. The highest BCUT2D eigenvalue weighted by molar-refractivity contribution is 5.71. The number of imidazole rings is 1. The van der Waals surface area contributed by atoms with Crippen LogP contribution in [0, 0.1) is 0 Å². The van der Waals surface area contributed by atoms with E-state index in [1.165, 1.54) is 12.8 Å². The molecule has 1 atom stereocenters. The molecule has 3 heteroatoms. The van der Waals surface area contributed by atoms with Crippen molar-refractivity contribution < 1.29 is 9.67 Å². The Labute approximate surface area is 102 Å². The summed E-state index contributed by atoms with van der Waals surface area (Å²) >= 11 is 0. The Balaban J connectivity index is 2.23. The van der Waals surface area contributed by atoms with Crippen LogP contribution in [0.3, 0.4) is 0 Å². The van der Waals surface area contributed by atoms with Gasteiger partial charge in [-0.1, -0.05) is 31.9 Å². The molecule has 0 aliphatic carbocycles. The van der Waals surface area contributed by atoms with Crippen molar-refractivity contribution in [2.24, 2.45) is 7.05 Å². The van der Waals surface area contributed by atoms with E-state index in [0.29, 0.717) is 0 Å². The van der Waals surface area contributed by atoms with Crippen LogP contribution in [0.25, 0.3) is 11.0 Å². The number of para-hydroxylation sites is 2. The summed E-state index contributed by atoms with van der Waals surface area (Å²) in [5.74, 6) is 0. The molecule has 1 aromatic carbocycles. The van der Waals surface area contributed by atoms with Gasteiger partial charge in [-0.2, -0.15) is 0 Å². The maximum Gasteiger partial charge on any atom is 0.246 e. The van der Waals surface area contributed by atoms with Gasteiger partial charge in [-0.05, 0) is 18.6 Å². The Bertz CT molecular complexity index is 490. The average Bonchev–Trinajstić information content (AvgIpc) is 2.68. The Morgan fingerprint density at radius 3 is 2.82 bits per heavy atom. The second-order valence-electron chi connectivity index (χ2n) is 4.60. The number of rotatable bonds is 5. The van der Waals surface area contributed by atoms with Gasteiger partial charge in [0, 0.05) is 6.42 Å². The minimum absolute atomic E-state index is 0.410. The number of hydrogen-bond donors (Lipinski definition) is 1. The second-order valence-corrected chi connectivity index (χ2v) is 4.60. The first-order chi connectivity index (χ1) is 8.24. The Morgan fingerprint density at radius 1 is 1.29 bits per heavy atom. The van der Waals surface area contributed by atoms with E-state index in [1.54, 1.807) is 0 Å². The summed E-state index contributed by atoms with van der Waals surface area (Å²) in [5, 5.41) is 10.2. The molecule has 1 N–H and O–H groups in total. The highest BCUT2D eigenvalue weighted by atomic mass is 16.3. The zero-order valence-corrected chi connectivity index (χ0v) is 10.6. The van der Waals surface area contributed by atoms with Crippen molar-refractivity contribution in [1.29, 1.82) is 0 Å². The van der Waals surface area contributed by atoms with E-state index in [0.717, 1.165) is 23.9 Å². The summed E-state index contributed by atoms with van der Waals surface area (Å²) in [5.41, 5.74) is 2.25. The van der Waals surface area contributed by atoms with Crippen molar-refractivity contribution in [2.45, 2.75) is 38.8 Å². The standard InChI is InChI=1S/C14H21N2O/c1-3-4-5-10-14(17)16-11-15(2)12-8-6-7-9-13(12)16/h6-9,11,14,17H,3-5,10H2,1-2H3/q+1. The summed E-state index contributed by atoms with van der Waals surface area (Å²) in [6, 6.07) is 8.16. The van der Waals surface area contributed by atoms with Gasteiger partial charge in [-0.25, -0.2) is 9.13 Å². The monoisotopic (exact) mass is 233 g/mol. The summed E-state index contributed by atoms with van der Waals surface area (Å²) in [4.78, 5) is 0. The molecule has 0 bridgehead atoms. The molecular weight excluding hydrogens is 212 g/mol. The largest absolute Gasteiger partial charge is 0.355 e. The third-order valence-electron chi connectivity index (χ3n) is 3.22. The SMILES string of the molecule is CCCCCC(O)n1c[n+](C)c2ccccc21. The van der Waals surface area contributed by atoms with Gasteiger partial charge in [0.1, 0.15) is 0 Å². The minimum atomic E-state index is -0.410. The maximum absolute atomic E-state index is 10.2. The van der Waals surface area contributed by atoms with Gasteiger partial charge in [-0.15, -0.1) is 0 Å². The normalized spacial score (nSPS) is 13.1. The predicted molar refractivity (Wildman–Crippen MR) is 68.5 cm³/mol. The summed E-state index contributed by atoms with van der Waals surface area (Å²) in [6.07, 6.45) is 5.84. The van der Waals surface area contributed by atoms with E-state index in [-0.39, 0.29) is 0 Å². The quantitative estimate of drug-likeness (QED) is 0.624. The molecule has 0 spiro atoms. The number of hydrogen-bond acceptors (Lipinski definition) is 1. The van der Waals surface area contributed by atoms with Crippen LogP contribution in [0.2, 0.25) is 0 Å². The first-order valence-corrected chi connectivity index (χ1v) is 6.37.